The van der Waals surface area contributed by atoms with Gasteiger partial charge < -0.3 is 5.32 Å². The van der Waals surface area contributed by atoms with Crippen molar-refractivity contribution in [2.45, 2.75) is 26.4 Å². The summed E-state index contributed by atoms with van der Waals surface area (Å²) in [5, 5.41) is 6.92. The molecule has 0 atom stereocenters. The fourth-order valence-corrected chi connectivity index (χ4v) is 2.22. The minimum absolute atomic E-state index is 0.549. The highest BCUT2D eigenvalue weighted by Gasteiger charge is 1.98. The summed E-state index contributed by atoms with van der Waals surface area (Å²) < 4.78 is 1.37. The van der Waals surface area contributed by atoms with Gasteiger partial charge in [0.2, 0.25) is 0 Å². The highest BCUT2D eigenvalue weighted by Crippen LogP contribution is 2.21. The molecular weight excluding hydrogens is 190 g/mol. The summed E-state index contributed by atoms with van der Waals surface area (Å²) in [5.74, 6) is 0. The molecule has 1 N–H and O–H groups in total. The molecule has 2 aromatic rings. The van der Waals surface area contributed by atoms with Crippen molar-refractivity contribution >= 4 is 21.4 Å². The second-order valence-corrected chi connectivity index (χ2v) is 4.78. The van der Waals surface area contributed by atoms with Gasteiger partial charge in [-0.2, -0.15) is 0 Å². The molecular formula is C12H15NS. The van der Waals surface area contributed by atoms with Crippen molar-refractivity contribution in [2.24, 2.45) is 0 Å². The first-order chi connectivity index (χ1) is 6.75. The van der Waals surface area contributed by atoms with Crippen LogP contribution in [0.3, 0.4) is 0 Å². The Hall–Kier alpha value is -0.860. The average Bonchev–Trinajstić information content (AvgIpc) is 2.61. The zero-order valence-electron chi connectivity index (χ0n) is 8.58. The third-order valence-corrected chi connectivity index (χ3v) is 3.13. The summed E-state index contributed by atoms with van der Waals surface area (Å²) in [6.45, 7) is 5.30. The Morgan fingerprint density at radius 3 is 2.93 bits per heavy atom. The first kappa shape index (κ1) is 9.69. The molecule has 0 radical (unpaired) electrons. The van der Waals surface area contributed by atoms with Crippen LogP contribution in [0.15, 0.2) is 29.6 Å². The molecule has 2 heteroatoms. The summed E-state index contributed by atoms with van der Waals surface area (Å²) >= 11 is 1.80. The van der Waals surface area contributed by atoms with Crippen molar-refractivity contribution in [2.75, 3.05) is 0 Å². The van der Waals surface area contributed by atoms with Crippen LogP contribution in [0.5, 0.6) is 0 Å². The number of hydrogen-bond donors (Lipinski definition) is 1. The molecule has 0 amide bonds. The predicted octanol–water partition coefficient (Wildman–Crippen LogP) is 3.40. The van der Waals surface area contributed by atoms with E-state index in [-0.39, 0.29) is 0 Å². The van der Waals surface area contributed by atoms with Gasteiger partial charge >= 0.3 is 0 Å². The maximum atomic E-state index is 3.42. The SMILES string of the molecule is CC(C)NCc1ccc2sccc2c1. The standard InChI is InChI=1S/C12H15NS/c1-9(2)13-8-10-3-4-12-11(7-10)5-6-14-12/h3-7,9,13H,8H2,1-2H3. The van der Waals surface area contributed by atoms with Crippen LogP contribution in [0.4, 0.5) is 0 Å². The Balaban J connectivity index is 2.17. The predicted molar refractivity (Wildman–Crippen MR) is 63.8 cm³/mol. The average molecular weight is 205 g/mol. The van der Waals surface area contributed by atoms with Gasteiger partial charge in [-0.05, 0) is 34.5 Å². The van der Waals surface area contributed by atoms with Crippen LogP contribution in [0.1, 0.15) is 19.4 Å². The molecule has 0 bridgehead atoms. The third-order valence-electron chi connectivity index (χ3n) is 2.23. The smallest absolute Gasteiger partial charge is 0.0342 e. The molecule has 0 saturated heterocycles. The van der Waals surface area contributed by atoms with Crippen LogP contribution in [-0.4, -0.2) is 6.04 Å². The van der Waals surface area contributed by atoms with Gasteiger partial charge in [-0.3, -0.25) is 0 Å². The number of benzene rings is 1. The fourth-order valence-electron chi connectivity index (χ4n) is 1.45. The number of rotatable bonds is 3. The molecule has 1 nitrogen and oxygen atoms in total. The highest BCUT2D eigenvalue weighted by atomic mass is 32.1. The van der Waals surface area contributed by atoms with Crippen molar-refractivity contribution in [3.63, 3.8) is 0 Å². The zero-order chi connectivity index (χ0) is 9.97. The van der Waals surface area contributed by atoms with E-state index < -0.39 is 0 Å². The number of thiophene rings is 1. The molecule has 0 fully saturated rings. The van der Waals surface area contributed by atoms with Crippen LogP contribution in [0.25, 0.3) is 10.1 Å². The van der Waals surface area contributed by atoms with Crippen LogP contribution < -0.4 is 5.32 Å². The van der Waals surface area contributed by atoms with Crippen LogP contribution in [-0.2, 0) is 6.54 Å². The van der Waals surface area contributed by atoms with Crippen molar-refractivity contribution in [3.05, 3.63) is 35.2 Å². The Kier molecular flexibility index (Phi) is 2.85. The molecule has 0 spiro atoms. The minimum Gasteiger partial charge on any atom is -0.310 e. The van der Waals surface area contributed by atoms with Gasteiger partial charge in [-0.1, -0.05) is 19.9 Å². The Bertz CT molecular complexity index is 417. The molecule has 1 aromatic heterocycles. The second kappa shape index (κ2) is 4.11. The van der Waals surface area contributed by atoms with Crippen LogP contribution >= 0.6 is 11.3 Å². The lowest BCUT2D eigenvalue weighted by molar-refractivity contribution is 0.589. The topological polar surface area (TPSA) is 12.0 Å². The molecule has 0 unspecified atom stereocenters. The largest absolute Gasteiger partial charge is 0.310 e. The monoisotopic (exact) mass is 205 g/mol. The second-order valence-electron chi connectivity index (χ2n) is 3.83. The molecule has 1 heterocycles. The van der Waals surface area contributed by atoms with Gasteiger partial charge in [-0.25, -0.2) is 0 Å². The Labute approximate surface area is 88.8 Å². The first-order valence-electron chi connectivity index (χ1n) is 4.95. The van der Waals surface area contributed by atoms with E-state index in [4.69, 9.17) is 0 Å². The summed E-state index contributed by atoms with van der Waals surface area (Å²) in [7, 11) is 0. The molecule has 0 aliphatic heterocycles. The summed E-state index contributed by atoms with van der Waals surface area (Å²) in [6.07, 6.45) is 0. The fraction of sp³-hybridized carbons (Fsp3) is 0.333. The maximum absolute atomic E-state index is 3.42. The van der Waals surface area contributed by atoms with Crippen molar-refractivity contribution < 1.29 is 0 Å². The van der Waals surface area contributed by atoms with Gasteiger partial charge in [0.15, 0.2) is 0 Å². The van der Waals surface area contributed by atoms with E-state index >= 15 is 0 Å². The number of fused-ring (bicyclic) bond motifs is 1. The van der Waals surface area contributed by atoms with E-state index in [1.807, 2.05) is 0 Å². The van der Waals surface area contributed by atoms with E-state index in [0.717, 1.165) is 6.54 Å². The number of hydrogen-bond acceptors (Lipinski definition) is 2. The molecule has 14 heavy (non-hydrogen) atoms. The van der Waals surface area contributed by atoms with Gasteiger partial charge in [0.05, 0.1) is 0 Å². The van der Waals surface area contributed by atoms with Crippen LogP contribution in [0.2, 0.25) is 0 Å². The molecule has 1 aromatic carbocycles. The highest BCUT2D eigenvalue weighted by molar-refractivity contribution is 7.17. The Morgan fingerprint density at radius 2 is 2.14 bits per heavy atom. The van der Waals surface area contributed by atoms with Crippen molar-refractivity contribution in [3.8, 4) is 0 Å². The maximum Gasteiger partial charge on any atom is 0.0342 e. The van der Waals surface area contributed by atoms with E-state index in [2.05, 4.69) is 48.8 Å². The van der Waals surface area contributed by atoms with Crippen LogP contribution in [0, 0.1) is 0 Å². The summed E-state index contributed by atoms with van der Waals surface area (Å²) in [6, 6.07) is 9.40. The number of nitrogens with one attached hydrogen (secondary N) is 1. The first-order valence-corrected chi connectivity index (χ1v) is 5.83. The molecule has 74 valence electrons. The van der Waals surface area contributed by atoms with Gasteiger partial charge in [0, 0.05) is 17.3 Å². The van der Waals surface area contributed by atoms with Crippen molar-refractivity contribution in [1.29, 1.82) is 0 Å². The molecule has 2 rings (SSSR count). The molecule has 0 saturated carbocycles. The lowest BCUT2D eigenvalue weighted by atomic mass is 10.1. The third kappa shape index (κ3) is 2.14. The lowest BCUT2D eigenvalue weighted by Crippen LogP contribution is -2.21. The summed E-state index contributed by atoms with van der Waals surface area (Å²) in [5.41, 5.74) is 1.37. The van der Waals surface area contributed by atoms with E-state index in [0.29, 0.717) is 6.04 Å². The van der Waals surface area contributed by atoms with Gasteiger partial charge in [-0.15, -0.1) is 11.3 Å². The molecule has 0 aliphatic rings. The quantitative estimate of drug-likeness (QED) is 0.809. The van der Waals surface area contributed by atoms with Crippen molar-refractivity contribution in [1.82, 2.24) is 5.32 Å². The van der Waals surface area contributed by atoms with E-state index in [1.165, 1.54) is 15.6 Å². The molecule has 0 aliphatic carbocycles. The minimum atomic E-state index is 0.549. The van der Waals surface area contributed by atoms with E-state index in [9.17, 15) is 0 Å². The van der Waals surface area contributed by atoms with E-state index in [1.54, 1.807) is 11.3 Å². The normalized spacial score (nSPS) is 11.4. The van der Waals surface area contributed by atoms with Gasteiger partial charge in [0.1, 0.15) is 0 Å². The zero-order valence-corrected chi connectivity index (χ0v) is 9.40. The van der Waals surface area contributed by atoms with Gasteiger partial charge in [0.25, 0.3) is 0 Å². The Morgan fingerprint density at radius 1 is 1.29 bits per heavy atom. The lowest BCUT2D eigenvalue weighted by Gasteiger charge is -2.07. The summed E-state index contributed by atoms with van der Waals surface area (Å²) in [4.78, 5) is 0.